The zero-order valence-corrected chi connectivity index (χ0v) is 12.3. The number of benzene rings is 1. The molecular formula is C15H24N4O. The van der Waals surface area contributed by atoms with Gasteiger partial charge in [-0.1, -0.05) is 19.9 Å². The van der Waals surface area contributed by atoms with E-state index < -0.39 is 0 Å². The van der Waals surface area contributed by atoms with Crippen molar-refractivity contribution in [2.24, 2.45) is 5.92 Å². The van der Waals surface area contributed by atoms with Crippen molar-refractivity contribution >= 4 is 17.4 Å². The minimum atomic E-state index is -0.0419. The van der Waals surface area contributed by atoms with Gasteiger partial charge in [-0.2, -0.15) is 0 Å². The largest absolute Gasteiger partial charge is 0.399 e. The van der Waals surface area contributed by atoms with Gasteiger partial charge in [0.05, 0.1) is 0 Å². The Morgan fingerprint density at radius 3 is 2.60 bits per heavy atom. The summed E-state index contributed by atoms with van der Waals surface area (Å²) in [6, 6.07) is 7.22. The number of anilines is 2. The van der Waals surface area contributed by atoms with Crippen LogP contribution in [0.4, 0.5) is 16.2 Å². The molecule has 0 aromatic heterocycles. The number of carbonyl (C=O) groups is 1. The Hall–Kier alpha value is -1.75. The second kappa shape index (κ2) is 6.61. The van der Waals surface area contributed by atoms with Gasteiger partial charge in [0, 0.05) is 44.1 Å². The molecule has 1 saturated heterocycles. The van der Waals surface area contributed by atoms with Gasteiger partial charge in [0.25, 0.3) is 0 Å². The molecule has 1 fully saturated rings. The van der Waals surface area contributed by atoms with Crippen LogP contribution >= 0.6 is 0 Å². The molecule has 2 amide bonds. The van der Waals surface area contributed by atoms with Crippen LogP contribution in [0.3, 0.4) is 0 Å². The van der Waals surface area contributed by atoms with Crippen LogP contribution in [-0.2, 0) is 0 Å². The molecule has 0 saturated carbocycles. The van der Waals surface area contributed by atoms with Crippen LogP contribution in [0.1, 0.15) is 13.8 Å². The minimum absolute atomic E-state index is 0.0419. The van der Waals surface area contributed by atoms with Crippen LogP contribution in [-0.4, -0.2) is 48.6 Å². The molecule has 5 heteroatoms. The fourth-order valence-electron chi connectivity index (χ4n) is 2.47. The predicted molar refractivity (Wildman–Crippen MR) is 82.7 cm³/mol. The first-order valence-electron chi connectivity index (χ1n) is 7.18. The summed E-state index contributed by atoms with van der Waals surface area (Å²) in [5.74, 6) is 0.669. The van der Waals surface area contributed by atoms with Gasteiger partial charge in [0.1, 0.15) is 0 Å². The van der Waals surface area contributed by atoms with E-state index in [2.05, 4.69) is 24.1 Å². The minimum Gasteiger partial charge on any atom is -0.399 e. The first kappa shape index (κ1) is 14.7. The molecule has 5 nitrogen and oxygen atoms in total. The van der Waals surface area contributed by atoms with Crippen molar-refractivity contribution in [2.45, 2.75) is 13.8 Å². The second-order valence-corrected chi connectivity index (χ2v) is 5.74. The van der Waals surface area contributed by atoms with Crippen molar-refractivity contribution in [3.05, 3.63) is 24.3 Å². The summed E-state index contributed by atoms with van der Waals surface area (Å²) >= 11 is 0. The molecule has 2 rings (SSSR count). The lowest BCUT2D eigenvalue weighted by molar-refractivity contribution is 0.138. The molecular weight excluding hydrogens is 252 g/mol. The van der Waals surface area contributed by atoms with E-state index in [1.807, 2.05) is 17.0 Å². The van der Waals surface area contributed by atoms with Crippen molar-refractivity contribution in [1.29, 1.82) is 0 Å². The number of amides is 2. The third-order valence-corrected chi connectivity index (χ3v) is 3.42. The molecule has 1 aromatic rings. The van der Waals surface area contributed by atoms with Crippen molar-refractivity contribution in [3.8, 4) is 0 Å². The molecule has 110 valence electrons. The molecule has 1 aliphatic rings. The number of nitrogen functional groups attached to an aromatic ring is 1. The van der Waals surface area contributed by atoms with Crippen LogP contribution in [0, 0.1) is 5.92 Å². The Morgan fingerprint density at radius 2 is 2.00 bits per heavy atom. The number of rotatable bonds is 3. The first-order chi connectivity index (χ1) is 9.54. The Morgan fingerprint density at radius 1 is 1.30 bits per heavy atom. The zero-order chi connectivity index (χ0) is 14.5. The molecule has 0 radical (unpaired) electrons. The van der Waals surface area contributed by atoms with Gasteiger partial charge in [0.2, 0.25) is 0 Å². The molecule has 1 aliphatic heterocycles. The van der Waals surface area contributed by atoms with Gasteiger partial charge >= 0.3 is 6.03 Å². The van der Waals surface area contributed by atoms with Crippen LogP contribution in [0.5, 0.6) is 0 Å². The summed E-state index contributed by atoms with van der Waals surface area (Å²) in [6.45, 7) is 9.00. The Labute approximate surface area is 120 Å². The van der Waals surface area contributed by atoms with Crippen LogP contribution in [0.15, 0.2) is 24.3 Å². The summed E-state index contributed by atoms with van der Waals surface area (Å²) in [6.07, 6.45) is 0. The third kappa shape index (κ3) is 4.13. The highest BCUT2D eigenvalue weighted by molar-refractivity contribution is 5.89. The van der Waals surface area contributed by atoms with E-state index in [9.17, 15) is 4.79 Å². The van der Waals surface area contributed by atoms with E-state index in [0.717, 1.165) is 38.4 Å². The van der Waals surface area contributed by atoms with E-state index in [4.69, 9.17) is 5.73 Å². The van der Waals surface area contributed by atoms with Crippen molar-refractivity contribution in [3.63, 3.8) is 0 Å². The van der Waals surface area contributed by atoms with E-state index in [-0.39, 0.29) is 6.03 Å². The van der Waals surface area contributed by atoms with E-state index >= 15 is 0 Å². The number of nitrogens with two attached hydrogens (primary N) is 1. The Bertz CT molecular complexity index is 453. The molecule has 0 atom stereocenters. The quantitative estimate of drug-likeness (QED) is 0.831. The summed E-state index contributed by atoms with van der Waals surface area (Å²) in [5, 5.41) is 2.90. The standard InChI is InChI=1S/C15H24N4O/c1-12(2)11-18-6-8-19(9-7-18)15(20)17-14-5-3-4-13(16)10-14/h3-5,10,12H,6-9,11,16H2,1-2H3,(H,17,20). The number of nitrogens with zero attached hydrogens (tertiary/aromatic N) is 2. The lowest BCUT2D eigenvalue weighted by Crippen LogP contribution is -2.50. The fourth-order valence-corrected chi connectivity index (χ4v) is 2.47. The Balaban J connectivity index is 1.83. The summed E-state index contributed by atoms with van der Waals surface area (Å²) in [4.78, 5) is 16.4. The van der Waals surface area contributed by atoms with Gasteiger partial charge in [-0.15, -0.1) is 0 Å². The van der Waals surface area contributed by atoms with Crippen LogP contribution in [0.2, 0.25) is 0 Å². The molecule has 0 bridgehead atoms. The number of hydrogen-bond acceptors (Lipinski definition) is 3. The molecule has 0 spiro atoms. The number of carbonyl (C=O) groups excluding carboxylic acids is 1. The molecule has 1 heterocycles. The highest BCUT2D eigenvalue weighted by atomic mass is 16.2. The highest BCUT2D eigenvalue weighted by Crippen LogP contribution is 2.13. The maximum absolute atomic E-state index is 12.2. The molecule has 0 unspecified atom stereocenters. The lowest BCUT2D eigenvalue weighted by Gasteiger charge is -2.35. The molecule has 20 heavy (non-hydrogen) atoms. The Kier molecular flexibility index (Phi) is 4.84. The van der Waals surface area contributed by atoms with Crippen LogP contribution in [0.25, 0.3) is 0 Å². The van der Waals surface area contributed by atoms with Crippen molar-refractivity contribution in [1.82, 2.24) is 9.80 Å². The predicted octanol–water partition coefficient (Wildman–Crippen LogP) is 2.07. The van der Waals surface area contributed by atoms with Crippen LogP contribution < -0.4 is 11.1 Å². The maximum Gasteiger partial charge on any atom is 0.321 e. The van der Waals surface area contributed by atoms with E-state index in [1.54, 1.807) is 12.1 Å². The molecule has 3 N–H and O–H groups in total. The SMILES string of the molecule is CC(C)CN1CCN(C(=O)Nc2cccc(N)c2)CC1. The fraction of sp³-hybridized carbons (Fsp3) is 0.533. The van der Waals surface area contributed by atoms with Crippen molar-refractivity contribution < 1.29 is 4.79 Å². The van der Waals surface area contributed by atoms with Gasteiger partial charge in [0.15, 0.2) is 0 Å². The number of urea groups is 1. The second-order valence-electron chi connectivity index (χ2n) is 5.74. The maximum atomic E-state index is 12.2. The first-order valence-corrected chi connectivity index (χ1v) is 7.18. The van der Waals surface area contributed by atoms with Gasteiger partial charge < -0.3 is 16.0 Å². The highest BCUT2D eigenvalue weighted by Gasteiger charge is 2.21. The number of nitrogens with one attached hydrogen (secondary N) is 1. The van der Waals surface area contributed by atoms with E-state index in [1.165, 1.54) is 0 Å². The summed E-state index contributed by atoms with van der Waals surface area (Å²) in [7, 11) is 0. The topological polar surface area (TPSA) is 61.6 Å². The van der Waals surface area contributed by atoms with Crippen molar-refractivity contribution in [2.75, 3.05) is 43.8 Å². The summed E-state index contributed by atoms with van der Waals surface area (Å²) < 4.78 is 0. The molecule has 0 aliphatic carbocycles. The normalized spacial score (nSPS) is 16.4. The monoisotopic (exact) mass is 276 g/mol. The lowest BCUT2D eigenvalue weighted by atomic mass is 10.2. The summed E-state index contributed by atoms with van der Waals surface area (Å²) in [5.41, 5.74) is 7.11. The number of piperazine rings is 1. The third-order valence-electron chi connectivity index (χ3n) is 3.42. The average Bonchev–Trinajstić information content (AvgIpc) is 2.38. The number of hydrogen-bond donors (Lipinski definition) is 2. The smallest absolute Gasteiger partial charge is 0.321 e. The van der Waals surface area contributed by atoms with Gasteiger partial charge in [-0.05, 0) is 24.1 Å². The van der Waals surface area contributed by atoms with Gasteiger partial charge in [-0.3, -0.25) is 4.90 Å². The van der Waals surface area contributed by atoms with Gasteiger partial charge in [-0.25, -0.2) is 4.79 Å². The van der Waals surface area contributed by atoms with E-state index in [0.29, 0.717) is 11.6 Å². The zero-order valence-electron chi connectivity index (χ0n) is 12.3. The average molecular weight is 276 g/mol. The molecule has 1 aromatic carbocycles.